The molecule has 0 radical (unpaired) electrons. The van der Waals surface area contributed by atoms with E-state index in [0.29, 0.717) is 0 Å². The molecule has 3 heteroatoms. The monoisotopic (exact) mass is 236 g/mol. The number of nitrogens with two attached hydrogens (primary N) is 1. The zero-order valence-corrected chi connectivity index (χ0v) is 10.6. The number of hydrogen-bond acceptors (Lipinski definition) is 3. The average molecular weight is 236 g/mol. The zero-order valence-electron chi connectivity index (χ0n) is 9.83. The van der Waals surface area contributed by atoms with Crippen LogP contribution in [0.2, 0.25) is 0 Å². The van der Waals surface area contributed by atoms with E-state index in [1.165, 1.54) is 42.1 Å². The van der Waals surface area contributed by atoms with Crippen LogP contribution >= 0.6 is 11.8 Å². The van der Waals surface area contributed by atoms with Crippen molar-refractivity contribution in [3.63, 3.8) is 0 Å². The summed E-state index contributed by atoms with van der Waals surface area (Å²) in [4.78, 5) is 1.24. The highest BCUT2D eigenvalue weighted by atomic mass is 32.2. The summed E-state index contributed by atoms with van der Waals surface area (Å²) in [6.07, 6.45) is 2.67. The van der Waals surface area contributed by atoms with Crippen molar-refractivity contribution in [2.75, 3.05) is 24.6 Å². The molecule has 1 saturated heterocycles. The van der Waals surface area contributed by atoms with Crippen LogP contribution in [-0.4, -0.2) is 18.8 Å². The molecular weight excluding hydrogens is 216 g/mol. The van der Waals surface area contributed by atoms with Crippen molar-refractivity contribution in [1.29, 1.82) is 0 Å². The number of aryl methyl sites for hydroxylation is 1. The first-order valence-corrected chi connectivity index (χ1v) is 6.94. The van der Waals surface area contributed by atoms with E-state index in [0.717, 1.165) is 11.6 Å². The second-order valence-electron chi connectivity index (χ2n) is 4.51. The number of thioether (sulfide) groups is 1. The fourth-order valence-corrected chi connectivity index (χ4v) is 3.24. The Bertz CT molecular complexity index is 346. The Morgan fingerprint density at radius 2 is 2.38 bits per heavy atom. The van der Waals surface area contributed by atoms with Gasteiger partial charge in [-0.2, -0.15) is 0 Å². The standard InChI is InChI=1S/C13H20N2S/c1-10-4-2-6-12(13(10)14)16-9-11-5-3-7-15-8-11/h2,4,6,11,15H,3,5,7-9,14H2,1H3. The Morgan fingerprint density at radius 1 is 1.50 bits per heavy atom. The summed E-state index contributed by atoms with van der Waals surface area (Å²) in [7, 11) is 0. The largest absolute Gasteiger partial charge is 0.398 e. The maximum absolute atomic E-state index is 6.06. The first-order chi connectivity index (χ1) is 7.77. The smallest absolute Gasteiger partial charge is 0.0481 e. The molecule has 0 spiro atoms. The van der Waals surface area contributed by atoms with Gasteiger partial charge in [-0.15, -0.1) is 11.8 Å². The van der Waals surface area contributed by atoms with Crippen LogP contribution in [0.5, 0.6) is 0 Å². The van der Waals surface area contributed by atoms with Gasteiger partial charge in [-0.05, 0) is 50.4 Å². The van der Waals surface area contributed by atoms with Gasteiger partial charge in [0.05, 0.1) is 0 Å². The molecule has 2 nitrogen and oxygen atoms in total. The number of anilines is 1. The number of nitrogens with one attached hydrogen (secondary N) is 1. The van der Waals surface area contributed by atoms with Crippen LogP contribution < -0.4 is 11.1 Å². The van der Waals surface area contributed by atoms with Crippen molar-refractivity contribution in [2.45, 2.75) is 24.7 Å². The van der Waals surface area contributed by atoms with Gasteiger partial charge in [0, 0.05) is 16.3 Å². The molecule has 1 unspecified atom stereocenters. The number of rotatable bonds is 3. The Kier molecular flexibility index (Phi) is 4.13. The predicted octanol–water partition coefficient (Wildman–Crippen LogP) is 2.67. The molecule has 2 rings (SSSR count). The normalized spacial score (nSPS) is 20.9. The molecule has 1 aliphatic heterocycles. The van der Waals surface area contributed by atoms with Crippen LogP contribution in [0.3, 0.4) is 0 Å². The molecule has 0 aromatic heterocycles. The van der Waals surface area contributed by atoms with E-state index >= 15 is 0 Å². The van der Waals surface area contributed by atoms with Gasteiger partial charge in [0.1, 0.15) is 0 Å². The van der Waals surface area contributed by atoms with Crippen molar-refractivity contribution >= 4 is 17.4 Å². The van der Waals surface area contributed by atoms with Crippen molar-refractivity contribution in [2.24, 2.45) is 5.92 Å². The number of piperidine rings is 1. The van der Waals surface area contributed by atoms with E-state index in [2.05, 4.69) is 30.4 Å². The SMILES string of the molecule is Cc1cccc(SCC2CCCNC2)c1N. The van der Waals surface area contributed by atoms with Crippen molar-refractivity contribution in [1.82, 2.24) is 5.32 Å². The summed E-state index contributed by atoms with van der Waals surface area (Å²) < 4.78 is 0. The average Bonchev–Trinajstić information content (AvgIpc) is 2.32. The lowest BCUT2D eigenvalue weighted by Crippen LogP contribution is -2.30. The molecule has 0 amide bonds. The summed E-state index contributed by atoms with van der Waals surface area (Å²) >= 11 is 1.90. The summed E-state index contributed by atoms with van der Waals surface area (Å²) in [5, 5.41) is 3.45. The van der Waals surface area contributed by atoms with E-state index < -0.39 is 0 Å². The van der Waals surface area contributed by atoms with Gasteiger partial charge in [-0.1, -0.05) is 12.1 Å². The third-order valence-electron chi connectivity index (χ3n) is 3.16. The van der Waals surface area contributed by atoms with Crippen LogP contribution in [0.4, 0.5) is 5.69 Å². The first kappa shape index (κ1) is 11.8. The van der Waals surface area contributed by atoms with Gasteiger partial charge in [0.2, 0.25) is 0 Å². The van der Waals surface area contributed by atoms with Crippen LogP contribution in [0.25, 0.3) is 0 Å². The molecule has 1 aromatic rings. The summed E-state index contributed by atoms with van der Waals surface area (Å²) in [5.41, 5.74) is 8.20. The quantitative estimate of drug-likeness (QED) is 0.626. The first-order valence-electron chi connectivity index (χ1n) is 5.96. The highest BCUT2D eigenvalue weighted by Gasteiger charge is 2.13. The van der Waals surface area contributed by atoms with Gasteiger partial charge in [0.15, 0.2) is 0 Å². The Hall–Kier alpha value is -0.670. The fourth-order valence-electron chi connectivity index (χ4n) is 2.05. The molecule has 1 aliphatic rings. The molecule has 1 heterocycles. The van der Waals surface area contributed by atoms with Crippen molar-refractivity contribution < 1.29 is 0 Å². The van der Waals surface area contributed by atoms with Crippen LogP contribution in [0, 0.1) is 12.8 Å². The summed E-state index contributed by atoms with van der Waals surface area (Å²) in [6.45, 7) is 4.42. The van der Waals surface area contributed by atoms with Crippen LogP contribution in [-0.2, 0) is 0 Å². The second-order valence-corrected chi connectivity index (χ2v) is 5.57. The van der Waals surface area contributed by atoms with Crippen molar-refractivity contribution in [3.8, 4) is 0 Å². The van der Waals surface area contributed by atoms with Gasteiger partial charge >= 0.3 is 0 Å². The number of benzene rings is 1. The number of para-hydroxylation sites is 1. The number of nitrogen functional groups attached to an aromatic ring is 1. The molecule has 0 aliphatic carbocycles. The maximum Gasteiger partial charge on any atom is 0.0481 e. The predicted molar refractivity (Wildman–Crippen MR) is 71.9 cm³/mol. The van der Waals surface area contributed by atoms with Crippen LogP contribution in [0.1, 0.15) is 18.4 Å². The topological polar surface area (TPSA) is 38.0 Å². The zero-order chi connectivity index (χ0) is 11.4. The minimum atomic E-state index is 0.804. The molecule has 1 fully saturated rings. The van der Waals surface area contributed by atoms with Crippen LogP contribution in [0.15, 0.2) is 23.1 Å². The number of hydrogen-bond donors (Lipinski definition) is 2. The second kappa shape index (κ2) is 5.60. The van der Waals surface area contributed by atoms with Gasteiger partial charge < -0.3 is 11.1 Å². The lowest BCUT2D eigenvalue weighted by Gasteiger charge is -2.22. The molecule has 3 N–H and O–H groups in total. The third kappa shape index (κ3) is 2.92. The highest BCUT2D eigenvalue weighted by Crippen LogP contribution is 2.30. The molecule has 88 valence electrons. The highest BCUT2D eigenvalue weighted by molar-refractivity contribution is 7.99. The molecular formula is C13H20N2S. The Balaban J connectivity index is 1.91. The van der Waals surface area contributed by atoms with E-state index in [1.807, 2.05) is 11.8 Å². The van der Waals surface area contributed by atoms with Gasteiger partial charge in [-0.3, -0.25) is 0 Å². The van der Waals surface area contributed by atoms with Crippen molar-refractivity contribution in [3.05, 3.63) is 23.8 Å². The minimum Gasteiger partial charge on any atom is -0.398 e. The lowest BCUT2D eigenvalue weighted by molar-refractivity contribution is 0.410. The van der Waals surface area contributed by atoms with E-state index in [1.54, 1.807) is 0 Å². The molecule has 1 aromatic carbocycles. The van der Waals surface area contributed by atoms with Gasteiger partial charge in [0.25, 0.3) is 0 Å². The summed E-state index contributed by atoms with van der Waals surface area (Å²) in [6, 6.07) is 6.29. The minimum absolute atomic E-state index is 0.804. The lowest BCUT2D eigenvalue weighted by atomic mass is 10.0. The summed E-state index contributed by atoms with van der Waals surface area (Å²) in [5.74, 6) is 1.99. The van der Waals surface area contributed by atoms with E-state index in [-0.39, 0.29) is 0 Å². The molecule has 1 atom stereocenters. The molecule has 16 heavy (non-hydrogen) atoms. The molecule has 0 bridgehead atoms. The maximum atomic E-state index is 6.06. The Morgan fingerprint density at radius 3 is 3.12 bits per heavy atom. The van der Waals surface area contributed by atoms with E-state index in [4.69, 9.17) is 5.73 Å². The third-order valence-corrected chi connectivity index (χ3v) is 4.46. The van der Waals surface area contributed by atoms with Gasteiger partial charge in [-0.25, -0.2) is 0 Å². The Labute approximate surface area is 102 Å². The molecule has 0 saturated carbocycles. The van der Waals surface area contributed by atoms with E-state index in [9.17, 15) is 0 Å². The fraction of sp³-hybridized carbons (Fsp3) is 0.538.